The smallest absolute Gasteiger partial charge is 0.363 e. The molecule has 0 aliphatic heterocycles. The highest BCUT2D eigenvalue weighted by molar-refractivity contribution is 5.79. The maximum atomic E-state index is 10.2. The summed E-state index contributed by atoms with van der Waals surface area (Å²) in [6.45, 7) is 2.19. The molecular weight excluding hydrogens is 138 g/mol. The number of hydrogen-bond acceptors (Lipinski definition) is 4. The van der Waals surface area contributed by atoms with Crippen LogP contribution in [0.4, 0.5) is 0 Å². The molecule has 0 bridgehead atoms. The molecule has 0 aromatic rings. The highest BCUT2D eigenvalue weighted by Gasteiger charge is 2.31. The first-order valence-electron chi connectivity index (χ1n) is 2.58. The van der Waals surface area contributed by atoms with E-state index in [-0.39, 0.29) is 0 Å². The number of carboxylic acid groups (broad SMARTS) is 1. The Balaban J connectivity index is 4.13. The van der Waals surface area contributed by atoms with E-state index in [9.17, 15) is 9.59 Å². The Morgan fingerprint density at radius 2 is 2.00 bits per heavy atom. The summed E-state index contributed by atoms with van der Waals surface area (Å²) < 4.78 is 4.24. The summed E-state index contributed by atoms with van der Waals surface area (Å²) in [5, 5.41) is 8.29. The van der Waals surface area contributed by atoms with Gasteiger partial charge in [-0.25, -0.2) is 4.79 Å². The molecule has 10 heavy (non-hydrogen) atoms. The monoisotopic (exact) mass is 147 g/mol. The molecule has 0 radical (unpaired) electrons. The molecular formula is C5H9NO4. The molecule has 0 saturated heterocycles. The second-order valence-corrected chi connectivity index (χ2v) is 2.01. The summed E-state index contributed by atoms with van der Waals surface area (Å²) in [5.74, 6) is -2.09. The van der Waals surface area contributed by atoms with Crippen molar-refractivity contribution in [3.05, 3.63) is 0 Å². The van der Waals surface area contributed by atoms with Gasteiger partial charge >= 0.3 is 11.9 Å². The first-order chi connectivity index (χ1) is 4.36. The SMILES string of the molecule is CC(=O)OC(C)(N)C(=O)O. The zero-order valence-corrected chi connectivity index (χ0v) is 5.75. The highest BCUT2D eigenvalue weighted by Crippen LogP contribution is 2.00. The molecule has 0 aromatic heterocycles. The molecule has 0 amide bonds. The van der Waals surface area contributed by atoms with Crippen molar-refractivity contribution < 1.29 is 19.4 Å². The van der Waals surface area contributed by atoms with Crippen molar-refractivity contribution in [3.8, 4) is 0 Å². The summed E-state index contributed by atoms with van der Waals surface area (Å²) >= 11 is 0. The van der Waals surface area contributed by atoms with Gasteiger partial charge in [0, 0.05) is 13.8 Å². The van der Waals surface area contributed by atoms with Gasteiger partial charge in [-0.05, 0) is 0 Å². The molecule has 5 heteroatoms. The second kappa shape index (κ2) is 2.66. The third kappa shape index (κ3) is 2.45. The number of nitrogens with two attached hydrogens (primary N) is 1. The van der Waals surface area contributed by atoms with E-state index in [1.807, 2.05) is 0 Å². The van der Waals surface area contributed by atoms with Crippen molar-refractivity contribution in [2.24, 2.45) is 5.73 Å². The lowest BCUT2D eigenvalue weighted by Gasteiger charge is -2.17. The average Bonchev–Trinajstić information content (AvgIpc) is 1.60. The van der Waals surface area contributed by atoms with E-state index in [4.69, 9.17) is 10.8 Å². The number of ether oxygens (including phenoxy) is 1. The molecule has 0 aliphatic rings. The fraction of sp³-hybridized carbons (Fsp3) is 0.600. The first-order valence-corrected chi connectivity index (χ1v) is 2.58. The lowest BCUT2D eigenvalue weighted by atomic mass is 10.3. The van der Waals surface area contributed by atoms with Crippen LogP contribution in [0.2, 0.25) is 0 Å². The highest BCUT2D eigenvalue weighted by atomic mass is 16.6. The van der Waals surface area contributed by atoms with Gasteiger partial charge < -0.3 is 9.84 Å². The quantitative estimate of drug-likeness (QED) is 0.398. The Kier molecular flexibility index (Phi) is 2.36. The van der Waals surface area contributed by atoms with E-state index in [1.54, 1.807) is 0 Å². The van der Waals surface area contributed by atoms with Crippen molar-refractivity contribution in [2.45, 2.75) is 19.6 Å². The molecule has 58 valence electrons. The van der Waals surface area contributed by atoms with Gasteiger partial charge in [-0.2, -0.15) is 0 Å². The maximum absolute atomic E-state index is 10.2. The summed E-state index contributed by atoms with van der Waals surface area (Å²) in [6, 6.07) is 0. The molecule has 1 atom stereocenters. The standard InChI is InChI=1S/C5H9NO4/c1-3(7)10-5(2,6)4(8)9/h6H2,1-2H3,(H,8,9). The Labute approximate surface area is 57.8 Å². The van der Waals surface area contributed by atoms with Crippen molar-refractivity contribution in [3.63, 3.8) is 0 Å². The minimum Gasteiger partial charge on any atom is -0.477 e. The minimum atomic E-state index is -1.91. The van der Waals surface area contributed by atoms with Gasteiger partial charge in [0.25, 0.3) is 5.72 Å². The number of hydrogen-bond donors (Lipinski definition) is 2. The molecule has 0 spiro atoms. The number of rotatable bonds is 2. The van der Waals surface area contributed by atoms with Crippen LogP contribution in [0.25, 0.3) is 0 Å². The minimum absolute atomic E-state index is 0.715. The van der Waals surface area contributed by atoms with Gasteiger partial charge in [-0.1, -0.05) is 0 Å². The molecule has 3 N–H and O–H groups in total. The van der Waals surface area contributed by atoms with E-state index in [1.165, 1.54) is 0 Å². The molecule has 1 unspecified atom stereocenters. The third-order valence-corrected chi connectivity index (χ3v) is 0.780. The molecule has 0 aromatic carbocycles. The van der Waals surface area contributed by atoms with E-state index >= 15 is 0 Å². The first kappa shape index (κ1) is 8.90. The Morgan fingerprint density at radius 1 is 1.60 bits per heavy atom. The van der Waals surface area contributed by atoms with E-state index in [0.717, 1.165) is 13.8 Å². The van der Waals surface area contributed by atoms with Crippen LogP contribution in [0.5, 0.6) is 0 Å². The normalized spacial score (nSPS) is 15.5. The van der Waals surface area contributed by atoms with Gasteiger partial charge in [-0.15, -0.1) is 0 Å². The largest absolute Gasteiger partial charge is 0.477 e. The molecule has 0 fully saturated rings. The summed E-state index contributed by atoms with van der Waals surface area (Å²) in [6.07, 6.45) is 0. The average molecular weight is 147 g/mol. The van der Waals surface area contributed by atoms with Gasteiger partial charge in [0.1, 0.15) is 0 Å². The van der Waals surface area contributed by atoms with Crippen LogP contribution >= 0.6 is 0 Å². The second-order valence-electron chi connectivity index (χ2n) is 2.01. The van der Waals surface area contributed by atoms with Gasteiger partial charge in [0.05, 0.1) is 0 Å². The molecule has 0 saturated carbocycles. The van der Waals surface area contributed by atoms with Crippen LogP contribution < -0.4 is 5.73 Å². The predicted molar refractivity (Wildman–Crippen MR) is 32.0 cm³/mol. The number of carboxylic acids is 1. The number of carbonyl (C=O) groups is 2. The van der Waals surface area contributed by atoms with Gasteiger partial charge in [0.15, 0.2) is 0 Å². The summed E-state index contributed by atoms with van der Waals surface area (Å²) in [7, 11) is 0. The van der Waals surface area contributed by atoms with Gasteiger partial charge in [-0.3, -0.25) is 10.5 Å². The Morgan fingerprint density at radius 3 is 2.10 bits per heavy atom. The molecule has 0 aliphatic carbocycles. The number of esters is 1. The van der Waals surface area contributed by atoms with Crippen LogP contribution in [-0.2, 0) is 14.3 Å². The van der Waals surface area contributed by atoms with E-state index < -0.39 is 17.7 Å². The molecule has 5 nitrogen and oxygen atoms in total. The maximum Gasteiger partial charge on any atom is 0.363 e. The van der Waals surface area contributed by atoms with Crippen molar-refractivity contribution in [2.75, 3.05) is 0 Å². The summed E-state index contributed by atoms with van der Waals surface area (Å²) in [4.78, 5) is 20.4. The van der Waals surface area contributed by atoms with Crippen LogP contribution in [0.1, 0.15) is 13.8 Å². The van der Waals surface area contributed by atoms with Crippen molar-refractivity contribution in [1.29, 1.82) is 0 Å². The zero-order chi connectivity index (χ0) is 8.36. The molecule has 0 rings (SSSR count). The Bertz CT molecular complexity index is 163. The fourth-order valence-corrected chi connectivity index (χ4v) is 0.342. The zero-order valence-electron chi connectivity index (χ0n) is 5.75. The molecule has 0 heterocycles. The van der Waals surface area contributed by atoms with Gasteiger partial charge in [0.2, 0.25) is 0 Å². The van der Waals surface area contributed by atoms with E-state index in [2.05, 4.69) is 4.74 Å². The van der Waals surface area contributed by atoms with Crippen LogP contribution in [0, 0.1) is 0 Å². The number of aliphatic carboxylic acids is 1. The lowest BCUT2D eigenvalue weighted by molar-refractivity contribution is -0.174. The Hall–Kier alpha value is -1.10. The van der Waals surface area contributed by atoms with Crippen LogP contribution in [-0.4, -0.2) is 22.8 Å². The lowest BCUT2D eigenvalue weighted by Crippen LogP contribution is -2.48. The van der Waals surface area contributed by atoms with Crippen molar-refractivity contribution in [1.82, 2.24) is 0 Å². The van der Waals surface area contributed by atoms with Crippen LogP contribution in [0.15, 0.2) is 0 Å². The van der Waals surface area contributed by atoms with Crippen molar-refractivity contribution >= 4 is 11.9 Å². The topological polar surface area (TPSA) is 89.6 Å². The number of carbonyl (C=O) groups excluding carboxylic acids is 1. The third-order valence-electron chi connectivity index (χ3n) is 0.780. The predicted octanol–water partition coefficient (Wildman–Crippen LogP) is -0.691. The summed E-state index contributed by atoms with van der Waals surface area (Å²) in [5.41, 5.74) is 3.11. The van der Waals surface area contributed by atoms with Crippen LogP contribution in [0.3, 0.4) is 0 Å². The van der Waals surface area contributed by atoms with E-state index in [0.29, 0.717) is 0 Å². The fourth-order valence-electron chi connectivity index (χ4n) is 0.342.